The number of benzene rings is 1. The van der Waals surface area contributed by atoms with E-state index in [1.807, 2.05) is 6.92 Å². The molecule has 4 nitrogen and oxygen atoms in total. The second-order valence-electron chi connectivity index (χ2n) is 9.92. The standard InChI is InChI=1S/C30H44N4/c1-7-11-29(33-24(5)32-28-12-9-10-13-28)22(3)30(27-16-14-25(8-2)15-17-27)31-23(4)26-18-20-34(6)21-19-26/h7,11,14-17,26,28,32H,5,8-10,12-13,18-21H2,1-4,6H3/b11-7-,30-22+,31-23?,33-29+. The summed E-state index contributed by atoms with van der Waals surface area (Å²) in [5.74, 6) is 1.28. The van der Waals surface area contributed by atoms with Gasteiger partial charge in [0, 0.05) is 22.9 Å². The molecule has 1 saturated heterocycles. The number of hydrogen-bond acceptors (Lipinski definition) is 4. The smallest absolute Gasteiger partial charge is 0.119 e. The van der Waals surface area contributed by atoms with Gasteiger partial charge in [-0.2, -0.15) is 0 Å². The molecular weight excluding hydrogens is 416 g/mol. The van der Waals surface area contributed by atoms with E-state index in [4.69, 9.17) is 9.98 Å². The third-order valence-electron chi connectivity index (χ3n) is 7.28. The van der Waals surface area contributed by atoms with Crippen LogP contribution in [0.2, 0.25) is 0 Å². The molecule has 0 bridgehead atoms. The molecule has 0 unspecified atom stereocenters. The van der Waals surface area contributed by atoms with Crippen LogP contribution in [0.25, 0.3) is 5.70 Å². The maximum absolute atomic E-state index is 5.28. The second kappa shape index (κ2) is 12.9. The predicted octanol–water partition coefficient (Wildman–Crippen LogP) is 6.80. The minimum absolute atomic E-state index is 0.498. The summed E-state index contributed by atoms with van der Waals surface area (Å²) >= 11 is 0. The van der Waals surface area contributed by atoms with Gasteiger partial charge in [-0.1, -0.05) is 56.7 Å². The maximum Gasteiger partial charge on any atom is 0.119 e. The van der Waals surface area contributed by atoms with Crippen LogP contribution in [-0.2, 0) is 6.42 Å². The first kappa shape index (κ1) is 26.2. The van der Waals surface area contributed by atoms with Gasteiger partial charge in [-0.05, 0) is 90.6 Å². The molecule has 0 amide bonds. The topological polar surface area (TPSA) is 40.0 Å². The zero-order valence-corrected chi connectivity index (χ0v) is 22.0. The van der Waals surface area contributed by atoms with Crippen LogP contribution in [0.3, 0.4) is 0 Å². The zero-order valence-electron chi connectivity index (χ0n) is 22.0. The van der Waals surface area contributed by atoms with Gasteiger partial charge in [-0.15, -0.1) is 0 Å². The number of likely N-dealkylation sites (tertiary alicyclic amines) is 1. The Morgan fingerprint density at radius 1 is 1.06 bits per heavy atom. The lowest BCUT2D eigenvalue weighted by Gasteiger charge is -2.29. The third-order valence-corrected chi connectivity index (χ3v) is 7.28. The first-order valence-electron chi connectivity index (χ1n) is 13.1. The Hall–Kier alpha value is -2.46. The molecule has 2 fully saturated rings. The van der Waals surface area contributed by atoms with Gasteiger partial charge in [0.1, 0.15) is 5.82 Å². The minimum Gasteiger partial charge on any atom is -0.368 e. The second-order valence-corrected chi connectivity index (χ2v) is 9.92. The highest BCUT2D eigenvalue weighted by molar-refractivity contribution is 6.13. The Kier molecular flexibility index (Phi) is 9.88. The van der Waals surface area contributed by atoms with Crippen LogP contribution in [0, 0.1) is 5.92 Å². The van der Waals surface area contributed by atoms with Crippen molar-refractivity contribution in [2.45, 2.75) is 78.7 Å². The Morgan fingerprint density at radius 2 is 1.71 bits per heavy atom. The van der Waals surface area contributed by atoms with Gasteiger partial charge in [0.05, 0.1) is 11.4 Å². The van der Waals surface area contributed by atoms with Crippen molar-refractivity contribution in [3.8, 4) is 0 Å². The SMILES string of the molecule is C=C(/N=C(\C=C/C)C(/C)=C(/N=C(C)C1CCN(C)CC1)c1ccc(CC)cc1)NC1CCCC1. The molecule has 1 aliphatic carbocycles. The largest absolute Gasteiger partial charge is 0.368 e. The van der Waals surface area contributed by atoms with Gasteiger partial charge < -0.3 is 10.2 Å². The molecule has 1 heterocycles. The van der Waals surface area contributed by atoms with E-state index in [-0.39, 0.29) is 0 Å². The molecule has 1 N–H and O–H groups in total. The van der Waals surface area contributed by atoms with Gasteiger partial charge in [0.15, 0.2) is 0 Å². The summed E-state index contributed by atoms with van der Waals surface area (Å²) in [6.45, 7) is 15.1. The van der Waals surface area contributed by atoms with Crippen LogP contribution in [-0.4, -0.2) is 42.5 Å². The van der Waals surface area contributed by atoms with Crippen LogP contribution >= 0.6 is 0 Å². The van der Waals surface area contributed by atoms with Crippen LogP contribution in [0.5, 0.6) is 0 Å². The molecule has 184 valence electrons. The Bertz CT molecular complexity index is 935. The van der Waals surface area contributed by atoms with Crippen molar-refractivity contribution in [2.24, 2.45) is 15.9 Å². The number of aliphatic imine (C=N–C) groups is 2. The summed E-state index contributed by atoms with van der Waals surface area (Å²) in [5.41, 5.74) is 6.74. The summed E-state index contributed by atoms with van der Waals surface area (Å²) in [5, 5.41) is 3.53. The van der Waals surface area contributed by atoms with Gasteiger partial charge >= 0.3 is 0 Å². The van der Waals surface area contributed by atoms with Crippen molar-refractivity contribution in [3.05, 3.63) is 65.5 Å². The van der Waals surface area contributed by atoms with Gasteiger partial charge in [-0.25, -0.2) is 4.99 Å². The fraction of sp³-hybridized carbons (Fsp3) is 0.533. The highest BCUT2D eigenvalue weighted by Crippen LogP contribution is 2.27. The van der Waals surface area contributed by atoms with Gasteiger partial charge in [0.2, 0.25) is 0 Å². The number of allylic oxidation sites excluding steroid dienone is 3. The Balaban J connectivity index is 1.99. The Labute approximate surface area is 207 Å². The highest BCUT2D eigenvalue weighted by atomic mass is 15.1. The summed E-state index contributed by atoms with van der Waals surface area (Å²) in [6, 6.07) is 9.36. The summed E-state index contributed by atoms with van der Waals surface area (Å²) in [7, 11) is 2.21. The molecule has 2 aliphatic rings. The number of rotatable bonds is 9. The average molecular weight is 461 g/mol. The zero-order chi connectivity index (χ0) is 24.5. The quantitative estimate of drug-likeness (QED) is 0.412. The lowest BCUT2D eigenvalue weighted by Crippen LogP contribution is -2.32. The fourth-order valence-corrected chi connectivity index (χ4v) is 4.97. The summed E-state index contributed by atoms with van der Waals surface area (Å²) in [6.07, 6.45) is 12.5. The number of nitrogens with zero attached hydrogens (tertiary/aromatic N) is 3. The number of aryl methyl sites for hydroxylation is 1. The van der Waals surface area contributed by atoms with Crippen molar-refractivity contribution in [1.29, 1.82) is 0 Å². The van der Waals surface area contributed by atoms with E-state index in [0.29, 0.717) is 12.0 Å². The maximum atomic E-state index is 5.28. The fourth-order valence-electron chi connectivity index (χ4n) is 4.97. The monoisotopic (exact) mass is 460 g/mol. The van der Waals surface area contributed by atoms with Crippen molar-refractivity contribution in [3.63, 3.8) is 0 Å². The number of hydrogen-bond donors (Lipinski definition) is 1. The molecule has 0 spiro atoms. The minimum atomic E-state index is 0.498. The molecular formula is C30H44N4. The molecule has 3 rings (SSSR count). The summed E-state index contributed by atoms with van der Waals surface area (Å²) < 4.78 is 0. The number of nitrogens with one attached hydrogen (secondary N) is 1. The summed E-state index contributed by atoms with van der Waals surface area (Å²) in [4.78, 5) is 12.6. The van der Waals surface area contributed by atoms with Crippen LogP contribution in [0.1, 0.15) is 77.3 Å². The molecule has 1 saturated carbocycles. The van der Waals surface area contributed by atoms with Gasteiger partial charge in [-0.3, -0.25) is 4.99 Å². The highest BCUT2D eigenvalue weighted by Gasteiger charge is 2.20. The van der Waals surface area contributed by atoms with Crippen molar-refractivity contribution in [1.82, 2.24) is 10.2 Å². The van der Waals surface area contributed by atoms with Crippen LogP contribution < -0.4 is 5.32 Å². The first-order chi connectivity index (χ1) is 16.4. The van der Waals surface area contributed by atoms with Crippen molar-refractivity contribution in [2.75, 3.05) is 20.1 Å². The molecule has 1 aliphatic heterocycles. The first-order valence-corrected chi connectivity index (χ1v) is 13.1. The van der Waals surface area contributed by atoms with E-state index in [1.165, 1.54) is 49.8 Å². The average Bonchev–Trinajstić information content (AvgIpc) is 3.35. The molecule has 1 aromatic rings. The van der Waals surface area contributed by atoms with Crippen LogP contribution in [0.4, 0.5) is 0 Å². The molecule has 0 atom stereocenters. The van der Waals surface area contributed by atoms with Crippen molar-refractivity contribution < 1.29 is 0 Å². The molecule has 0 radical (unpaired) electrons. The Morgan fingerprint density at radius 3 is 2.29 bits per heavy atom. The van der Waals surface area contributed by atoms with E-state index in [0.717, 1.165) is 47.9 Å². The van der Waals surface area contributed by atoms with Crippen LogP contribution in [0.15, 0.2) is 64.4 Å². The predicted molar refractivity (Wildman–Crippen MR) is 149 cm³/mol. The van der Waals surface area contributed by atoms with E-state index in [9.17, 15) is 0 Å². The molecule has 1 aromatic carbocycles. The van der Waals surface area contributed by atoms with E-state index in [2.05, 4.69) is 81.0 Å². The van der Waals surface area contributed by atoms with Gasteiger partial charge in [0.25, 0.3) is 0 Å². The number of piperidine rings is 1. The molecule has 0 aromatic heterocycles. The van der Waals surface area contributed by atoms with E-state index >= 15 is 0 Å². The third kappa shape index (κ3) is 7.27. The molecule has 34 heavy (non-hydrogen) atoms. The van der Waals surface area contributed by atoms with E-state index < -0.39 is 0 Å². The van der Waals surface area contributed by atoms with E-state index in [1.54, 1.807) is 0 Å². The molecule has 4 heteroatoms. The lowest BCUT2D eigenvalue weighted by atomic mass is 9.92. The normalized spacial score (nSPS) is 20.1. The lowest BCUT2D eigenvalue weighted by molar-refractivity contribution is 0.252. The van der Waals surface area contributed by atoms with Crippen molar-refractivity contribution >= 4 is 17.1 Å².